The first kappa shape index (κ1) is 97.0. The van der Waals surface area contributed by atoms with E-state index in [1.54, 1.807) is 9.36 Å². The van der Waals surface area contributed by atoms with Crippen LogP contribution in [0.2, 0.25) is 0 Å². The van der Waals surface area contributed by atoms with E-state index in [0.29, 0.717) is 11.4 Å². The summed E-state index contributed by atoms with van der Waals surface area (Å²) in [6, 6.07) is 120. The third kappa shape index (κ3) is 26.1. The lowest BCUT2D eigenvalue weighted by Crippen LogP contribution is -2.65. The van der Waals surface area contributed by atoms with Crippen LogP contribution in [0.4, 0.5) is 0 Å². The van der Waals surface area contributed by atoms with Crippen molar-refractivity contribution >= 4 is 0 Å². The molecule has 4 saturated heterocycles. The second kappa shape index (κ2) is 49.5. The topological polar surface area (TPSA) is 246 Å². The molecule has 140 heavy (non-hydrogen) atoms. The highest BCUT2D eigenvalue weighted by Crippen LogP contribution is 2.46. The summed E-state index contributed by atoms with van der Waals surface area (Å²) in [4.78, 5) is 0. The summed E-state index contributed by atoms with van der Waals surface area (Å²) < 4.78 is 153. The SMILES string of the molecule is c1ccc(COC[C@@]23OC[C@H]4O[C@H](O[C@]5(COCc6ccccc6)O[C@H](COCc6cn(nn6)C[C@H]6O[C@@H]([C@H](OCc7ccccc7)[C@@H](OCc7ccccc7)[C@@H]6OCc6ccccc6)n6cc(nn6)COC[C@@H](O2)[C@@H](OCc2ccccc2)[C@@H]3OCc2ccccc2)[C@@H](OCc2ccccc2)[C@@H]5OCc2ccccc2)[C@H](OCc2ccccc2)[C@@H](OCc2ccccc2)[C@@H]4OCc2ccccc2)cc1. The summed E-state index contributed by atoms with van der Waals surface area (Å²) in [5.74, 6) is -3.91. The predicted molar refractivity (Wildman–Crippen MR) is 517 cm³/mol. The van der Waals surface area contributed by atoms with Crippen LogP contribution >= 0.6 is 0 Å². The standard InChI is InChI=1S/C114H118N6O20/c1-13-37-83(38-14-1)64-123-81-113-109(133-74-93-57-33-11-34-58-93)103(127-68-87-45-21-5-22-46-87)99(138-113)78-122-77-96-62-120(118-116-96)111-107(131-72-91-53-29-9-30-54-91)105(129-70-89-49-25-7-26-50-89)101(125-66-85-41-17-3-18-42-85)97(136-111)63-119-61-95(115-117-119)76-121-79-100-104(128-69-88-47-23-6-24-48-88)110(134-75-94-59-35-12-36-60-94)114(139-100,82-124-65-84-39-15-2-16-40-84)140-112-108(132-73-92-55-31-10-32-56-92)106(130-71-90-51-27-8-28-52-90)102(98(137-112)80-135-113)126-67-86-43-19-4-20-44-86/h1-62,97-112H,63-82H2/t97-,98-,99-,100-,101-,102-,103-,104-,105+,106+,107-,108-,109+,110+,111+,112-,113-,114+/m1/s1. The van der Waals surface area contributed by atoms with Crippen molar-refractivity contribution in [3.63, 3.8) is 0 Å². The van der Waals surface area contributed by atoms with Gasteiger partial charge in [-0.25, -0.2) is 9.36 Å². The van der Waals surface area contributed by atoms with Crippen molar-refractivity contribution in [2.75, 3.05) is 33.0 Å². The summed E-state index contributed by atoms with van der Waals surface area (Å²) in [5, 5.41) is 19.4. The molecular weight excluding hydrogens is 1770 g/mol. The summed E-state index contributed by atoms with van der Waals surface area (Å²) >= 11 is 0. The van der Waals surface area contributed by atoms with E-state index >= 15 is 0 Å². The first-order valence-electron chi connectivity index (χ1n) is 48.0. The lowest BCUT2D eigenvalue weighted by Gasteiger charge is -2.49. The van der Waals surface area contributed by atoms with Crippen molar-refractivity contribution in [1.29, 1.82) is 0 Å². The zero-order chi connectivity index (χ0) is 94.4. The van der Waals surface area contributed by atoms with E-state index in [1.165, 1.54) is 0 Å². The molecule has 18 atom stereocenters. The molecule has 0 spiro atoms. The van der Waals surface area contributed by atoms with E-state index in [0.717, 1.165) is 66.8 Å². The maximum absolute atomic E-state index is 8.16. The molecule has 0 radical (unpaired) electrons. The Hall–Kier alpha value is -11.9. The van der Waals surface area contributed by atoms with E-state index in [-0.39, 0.29) is 132 Å². The van der Waals surface area contributed by atoms with Gasteiger partial charge in [-0.15, -0.1) is 10.2 Å². The predicted octanol–water partition coefficient (Wildman–Crippen LogP) is 17.7. The number of aromatic nitrogens is 6. The van der Waals surface area contributed by atoms with Gasteiger partial charge in [-0.2, -0.15) is 0 Å². The molecule has 5 aliphatic heterocycles. The van der Waals surface area contributed by atoms with Gasteiger partial charge in [0.2, 0.25) is 11.6 Å². The minimum atomic E-state index is -2.01. The largest absolute Gasteiger partial charge is 0.372 e. The van der Waals surface area contributed by atoms with Crippen molar-refractivity contribution in [1.82, 2.24) is 30.0 Å². The Morgan fingerprint density at radius 3 is 0.936 bits per heavy atom. The third-order valence-electron chi connectivity index (χ3n) is 25.4. The number of rotatable bonds is 38. The summed E-state index contributed by atoms with van der Waals surface area (Å²) in [5.41, 5.74) is 11.6. The van der Waals surface area contributed by atoms with E-state index in [9.17, 15) is 0 Å². The number of benzene rings is 12. The zero-order valence-electron chi connectivity index (χ0n) is 78.0. The van der Waals surface area contributed by atoms with Gasteiger partial charge >= 0.3 is 0 Å². The highest BCUT2D eigenvalue weighted by molar-refractivity contribution is 5.24. The molecule has 0 saturated carbocycles. The van der Waals surface area contributed by atoms with Gasteiger partial charge < -0.3 is 94.7 Å². The average molecular weight is 1890 g/mol. The first-order valence-corrected chi connectivity index (χ1v) is 48.0. The number of fused-ring (bicyclic) bond motifs is 13. The average Bonchev–Trinajstić information content (AvgIpc) is 1.60. The fourth-order valence-electron chi connectivity index (χ4n) is 18.4. The minimum absolute atomic E-state index is 0.0518. The van der Waals surface area contributed by atoms with Crippen LogP contribution in [0.3, 0.4) is 0 Å². The highest BCUT2D eigenvalue weighted by Gasteiger charge is 2.64. The summed E-state index contributed by atoms with van der Waals surface area (Å²) in [6.07, 6.45) is -13.0. The van der Waals surface area contributed by atoms with Crippen molar-refractivity contribution in [2.45, 2.75) is 209 Å². The van der Waals surface area contributed by atoms with E-state index < -0.39 is 110 Å². The van der Waals surface area contributed by atoms with Gasteiger partial charge in [0.1, 0.15) is 110 Å². The Balaban J connectivity index is 0.775. The zero-order valence-corrected chi connectivity index (χ0v) is 78.0. The Morgan fingerprint density at radius 2 is 0.550 bits per heavy atom. The maximum Gasteiger partial charge on any atom is 0.224 e. The molecule has 19 rings (SSSR count). The number of hydrogen-bond acceptors (Lipinski definition) is 24. The Labute approximate surface area is 816 Å². The van der Waals surface area contributed by atoms with Crippen LogP contribution in [-0.2, 0) is 194 Å². The van der Waals surface area contributed by atoms with Crippen molar-refractivity contribution in [3.8, 4) is 0 Å². The van der Waals surface area contributed by atoms with E-state index in [1.807, 2.05) is 376 Å². The number of nitrogens with zero attached hydrogens (tertiary/aromatic N) is 6. The molecule has 14 aromatic rings. The Morgan fingerprint density at radius 1 is 0.257 bits per heavy atom. The molecular formula is C114H118N6O20. The molecule has 7 heterocycles. The van der Waals surface area contributed by atoms with Crippen LogP contribution in [0, 0.1) is 0 Å². The fraction of sp³-hybridized carbons (Fsp3) is 0.333. The van der Waals surface area contributed by atoms with E-state index in [2.05, 4.69) is 0 Å². The second-order valence-electron chi connectivity index (χ2n) is 35.6. The summed E-state index contributed by atoms with van der Waals surface area (Å²) in [7, 11) is 0. The molecule has 5 aliphatic rings. The van der Waals surface area contributed by atoms with Gasteiger partial charge in [-0.1, -0.05) is 374 Å². The second-order valence-corrected chi connectivity index (χ2v) is 35.6. The molecule has 0 unspecified atom stereocenters. The molecule has 0 amide bonds. The van der Waals surface area contributed by atoms with Gasteiger partial charge in [0, 0.05) is 0 Å². The molecule has 4 fully saturated rings. The summed E-state index contributed by atoms with van der Waals surface area (Å²) in [6.45, 7) is 0.278. The quantitative estimate of drug-likeness (QED) is 0.0349. The molecule has 12 bridgehead atoms. The monoisotopic (exact) mass is 1890 g/mol. The molecule has 12 aromatic carbocycles. The van der Waals surface area contributed by atoms with Gasteiger partial charge in [0.05, 0.1) is 131 Å². The maximum atomic E-state index is 8.16. The van der Waals surface area contributed by atoms with Gasteiger partial charge in [0.25, 0.3) is 0 Å². The molecule has 26 heteroatoms. The lowest BCUT2D eigenvalue weighted by atomic mass is 9.96. The van der Waals surface area contributed by atoms with Crippen molar-refractivity contribution in [3.05, 3.63) is 455 Å². The first-order chi connectivity index (χ1) is 69.3. The van der Waals surface area contributed by atoms with E-state index in [4.69, 9.17) is 115 Å². The Bertz CT molecular complexity index is 5920. The van der Waals surface area contributed by atoms with Crippen LogP contribution < -0.4 is 0 Å². The highest BCUT2D eigenvalue weighted by atomic mass is 16.8. The van der Waals surface area contributed by atoms with Crippen molar-refractivity contribution < 1.29 is 94.7 Å². The smallest absolute Gasteiger partial charge is 0.224 e. The Kier molecular flexibility index (Phi) is 34.3. The lowest BCUT2D eigenvalue weighted by molar-refractivity contribution is -0.403. The van der Waals surface area contributed by atoms with Gasteiger partial charge in [-0.05, 0) is 66.8 Å². The van der Waals surface area contributed by atoms with Crippen LogP contribution in [0.15, 0.2) is 376 Å². The van der Waals surface area contributed by atoms with Crippen LogP contribution in [-0.4, -0.2) is 166 Å². The molecule has 2 aromatic heterocycles. The molecule has 0 aliphatic carbocycles. The molecule has 724 valence electrons. The van der Waals surface area contributed by atoms with Crippen molar-refractivity contribution in [2.24, 2.45) is 0 Å². The van der Waals surface area contributed by atoms with Gasteiger partial charge in [-0.3, -0.25) is 0 Å². The van der Waals surface area contributed by atoms with Crippen LogP contribution in [0.5, 0.6) is 0 Å². The van der Waals surface area contributed by atoms with Crippen LogP contribution in [0.25, 0.3) is 0 Å². The normalized spacial score (nSPS) is 25.5. The minimum Gasteiger partial charge on any atom is -0.372 e. The fourth-order valence-corrected chi connectivity index (χ4v) is 18.4. The molecule has 26 nitrogen and oxygen atoms in total. The van der Waals surface area contributed by atoms with Gasteiger partial charge in [0.15, 0.2) is 12.5 Å². The molecule has 0 N–H and O–H groups in total. The third-order valence-corrected chi connectivity index (χ3v) is 25.4. The number of hydrogen-bond donors (Lipinski definition) is 0. The van der Waals surface area contributed by atoms with Crippen LogP contribution in [0.1, 0.15) is 84.4 Å². The number of ether oxygens (including phenoxy) is 20.